The summed E-state index contributed by atoms with van der Waals surface area (Å²) in [5.41, 5.74) is 0. The molecule has 0 aromatic heterocycles. The van der Waals surface area contributed by atoms with Crippen molar-refractivity contribution in [1.29, 1.82) is 0 Å². The summed E-state index contributed by atoms with van der Waals surface area (Å²) in [5, 5.41) is 23.3. The molecule has 6 heteroatoms. The van der Waals surface area contributed by atoms with Gasteiger partial charge in [0.05, 0.1) is 25.4 Å². The number of rotatable bonds is 70. The second-order valence-corrected chi connectivity index (χ2v) is 25.6. The molecular weight excluding hydrogens is 983 g/mol. The molecule has 0 aromatic rings. The minimum atomic E-state index is -0.843. The number of amides is 1. The summed E-state index contributed by atoms with van der Waals surface area (Å²) in [6, 6.07) is -0.626. The van der Waals surface area contributed by atoms with Crippen molar-refractivity contribution in [3.63, 3.8) is 0 Å². The monoisotopic (exact) mass is 1130 g/mol. The molecule has 0 fully saturated rings. The van der Waals surface area contributed by atoms with Crippen LogP contribution in [-0.2, 0) is 14.3 Å². The van der Waals surface area contributed by atoms with Crippen LogP contribution in [-0.4, -0.2) is 47.4 Å². The quantitative estimate of drug-likeness (QED) is 0.0320. The summed E-state index contributed by atoms with van der Waals surface area (Å²) in [6.07, 6.45) is 87.3. The highest BCUT2D eigenvalue weighted by Crippen LogP contribution is 2.20. The van der Waals surface area contributed by atoms with Crippen LogP contribution >= 0.6 is 0 Å². The number of carbonyl (C=O) groups excluding carboxylic acids is 2. The van der Waals surface area contributed by atoms with Crippen molar-refractivity contribution in [1.82, 2.24) is 5.32 Å². The zero-order chi connectivity index (χ0) is 57.8. The van der Waals surface area contributed by atoms with Gasteiger partial charge in [-0.05, 0) is 32.1 Å². The highest BCUT2D eigenvalue weighted by Gasteiger charge is 2.18. The van der Waals surface area contributed by atoms with Crippen molar-refractivity contribution in [2.45, 2.75) is 437 Å². The van der Waals surface area contributed by atoms with Crippen LogP contribution in [0.25, 0.3) is 0 Å². The highest BCUT2D eigenvalue weighted by molar-refractivity contribution is 5.76. The molecule has 0 rings (SSSR count). The number of hydrogen-bond donors (Lipinski definition) is 3. The highest BCUT2D eigenvalue weighted by atomic mass is 16.5. The number of aliphatic hydroxyl groups excluding tert-OH is 2. The number of carbonyl (C=O) groups is 2. The van der Waals surface area contributed by atoms with Crippen LogP contribution in [0.2, 0.25) is 0 Å². The number of nitrogens with one attached hydrogen (secondary N) is 1. The van der Waals surface area contributed by atoms with Crippen LogP contribution < -0.4 is 5.32 Å². The standard InChI is InChI=1S/C74H145NO5/c1-3-5-7-9-11-13-15-17-19-20-21-22-30-33-36-39-42-46-50-54-58-62-66-72(77)71(70-76)75-73(78)67-63-59-55-51-47-43-40-37-34-31-28-26-24-23-25-27-29-32-35-38-41-45-49-53-57-61-65-69-80-74(79)68-64-60-56-52-48-44-18-16-14-12-10-8-6-4-2/h62,66,71-72,76-77H,3-61,63-65,67-70H2,1-2H3,(H,75,78)/b66-62+. The van der Waals surface area contributed by atoms with E-state index < -0.39 is 12.1 Å². The van der Waals surface area contributed by atoms with Gasteiger partial charge in [0.15, 0.2) is 0 Å². The van der Waals surface area contributed by atoms with E-state index in [2.05, 4.69) is 19.2 Å². The summed E-state index contributed by atoms with van der Waals surface area (Å²) in [5.74, 6) is -0.0391. The van der Waals surface area contributed by atoms with Crippen LogP contribution in [0, 0.1) is 0 Å². The first-order valence-corrected chi connectivity index (χ1v) is 37.0. The summed E-state index contributed by atoms with van der Waals surface area (Å²) in [6.45, 7) is 4.96. The summed E-state index contributed by atoms with van der Waals surface area (Å²) in [4.78, 5) is 24.6. The maximum absolute atomic E-state index is 12.5. The van der Waals surface area contributed by atoms with E-state index in [4.69, 9.17) is 4.74 Å². The second-order valence-electron chi connectivity index (χ2n) is 25.6. The number of allylic oxidation sites excluding steroid dienone is 1. The SMILES string of the molecule is CCCCCCCCCCCCCCCCCCCCCC/C=C/C(O)C(CO)NC(=O)CCCCCCCCCCCCCCCCCCCCCCCCCCCCCOC(=O)CCCCCCCCCCCCCCCC. The van der Waals surface area contributed by atoms with Gasteiger partial charge in [-0.25, -0.2) is 0 Å². The lowest BCUT2D eigenvalue weighted by Gasteiger charge is -2.20. The molecule has 0 heterocycles. The lowest BCUT2D eigenvalue weighted by molar-refractivity contribution is -0.143. The van der Waals surface area contributed by atoms with Gasteiger partial charge < -0.3 is 20.3 Å². The van der Waals surface area contributed by atoms with Crippen LogP contribution in [0.1, 0.15) is 425 Å². The van der Waals surface area contributed by atoms with E-state index in [1.54, 1.807) is 6.08 Å². The average molecular weight is 1130 g/mol. The average Bonchev–Trinajstić information content (AvgIpc) is 3.46. The minimum absolute atomic E-state index is 0.0211. The van der Waals surface area contributed by atoms with Gasteiger partial charge in [-0.1, -0.05) is 392 Å². The second kappa shape index (κ2) is 70.1. The zero-order valence-electron chi connectivity index (χ0n) is 54.6. The van der Waals surface area contributed by atoms with Gasteiger partial charge in [0, 0.05) is 12.8 Å². The predicted molar refractivity (Wildman–Crippen MR) is 352 cm³/mol. The van der Waals surface area contributed by atoms with Gasteiger partial charge in [-0.3, -0.25) is 9.59 Å². The Morgan fingerprint density at radius 1 is 0.338 bits per heavy atom. The number of esters is 1. The first-order valence-electron chi connectivity index (χ1n) is 37.0. The molecule has 1 amide bonds. The van der Waals surface area contributed by atoms with Crippen molar-refractivity contribution in [3.8, 4) is 0 Å². The van der Waals surface area contributed by atoms with Crippen LogP contribution in [0.3, 0.4) is 0 Å². The van der Waals surface area contributed by atoms with Crippen molar-refractivity contribution < 1.29 is 24.5 Å². The van der Waals surface area contributed by atoms with Gasteiger partial charge in [0.2, 0.25) is 5.91 Å². The Bertz CT molecular complexity index is 1210. The Morgan fingerprint density at radius 2 is 0.575 bits per heavy atom. The fourth-order valence-corrected chi connectivity index (χ4v) is 11.9. The third kappa shape index (κ3) is 65.7. The summed E-state index contributed by atoms with van der Waals surface area (Å²) < 4.78 is 5.50. The third-order valence-electron chi connectivity index (χ3n) is 17.6. The molecule has 0 bridgehead atoms. The van der Waals surface area contributed by atoms with Crippen LogP contribution in [0.5, 0.6) is 0 Å². The Hall–Kier alpha value is -1.40. The topological polar surface area (TPSA) is 95.9 Å². The van der Waals surface area contributed by atoms with Crippen molar-refractivity contribution in [2.75, 3.05) is 13.2 Å². The normalized spacial score (nSPS) is 12.5. The number of ether oxygens (including phenoxy) is 1. The van der Waals surface area contributed by atoms with E-state index in [1.807, 2.05) is 6.08 Å². The number of unbranched alkanes of at least 4 members (excludes halogenated alkanes) is 59. The molecule has 0 spiro atoms. The lowest BCUT2D eigenvalue weighted by Crippen LogP contribution is -2.45. The van der Waals surface area contributed by atoms with Gasteiger partial charge in [-0.15, -0.1) is 0 Å². The number of hydrogen-bond acceptors (Lipinski definition) is 5. The zero-order valence-corrected chi connectivity index (χ0v) is 54.6. The van der Waals surface area contributed by atoms with Crippen LogP contribution in [0.15, 0.2) is 12.2 Å². The molecule has 6 nitrogen and oxygen atoms in total. The third-order valence-corrected chi connectivity index (χ3v) is 17.6. The molecule has 0 aromatic carbocycles. The van der Waals surface area contributed by atoms with E-state index >= 15 is 0 Å². The Morgan fingerprint density at radius 3 is 0.850 bits per heavy atom. The maximum atomic E-state index is 12.5. The molecule has 2 unspecified atom stereocenters. The molecule has 80 heavy (non-hydrogen) atoms. The Kier molecular flexibility index (Phi) is 68.9. The maximum Gasteiger partial charge on any atom is 0.305 e. The molecular formula is C74H145NO5. The molecule has 0 radical (unpaired) electrons. The van der Waals surface area contributed by atoms with Crippen molar-refractivity contribution >= 4 is 11.9 Å². The fraction of sp³-hybridized carbons (Fsp3) is 0.946. The van der Waals surface area contributed by atoms with Gasteiger partial charge >= 0.3 is 5.97 Å². The van der Waals surface area contributed by atoms with Crippen molar-refractivity contribution in [3.05, 3.63) is 12.2 Å². The van der Waals surface area contributed by atoms with E-state index in [1.165, 1.54) is 360 Å². The van der Waals surface area contributed by atoms with E-state index in [0.717, 1.165) is 38.5 Å². The van der Waals surface area contributed by atoms with Gasteiger partial charge in [0.25, 0.3) is 0 Å². The minimum Gasteiger partial charge on any atom is -0.466 e. The molecule has 476 valence electrons. The van der Waals surface area contributed by atoms with E-state index in [9.17, 15) is 19.8 Å². The lowest BCUT2D eigenvalue weighted by atomic mass is 10.0. The van der Waals surface area contributed by atoms with E-state index in [-0.39, 0.29) is 18.5 Å². The fourth-order valence-electron chi connectivity index (χ4n) is 11.9. The molecule has 0 saturated carbocycles. The largest absolute Gasteiger partial charge is 0.466 e. The molecule has 0 aliphatic heterocycles. The van der Waals surface area contributed by atoms with Gasteiger partial charge in [0.1, 0.15) is 0 Å². The summed E-state index contributed by atoms with van der Waals surface area (Å²) in [7, 11) is 0. The Labute approximate surface area is 501 Å². The molecule has 0 aliphatic rings. The van der Waals surface area contributed by atoms with Gasteiger partial charge in [-0.2, -0.15) is 0 Å². The molecule has 0 aliphatic carbocycles. The summed E-state index contributed by atoms with van der Waals surface area (Å²) >= 11 is 0. The Balaban J connectivity index is 3.37. The number of aliphatic hydroxyl groups is 2. The first-order chi connectivity index (χ1) is 39.5. The van der Waals surface area contributed by atoms with Crippen molar-refractivity contribution in [2.24, 2.45) is 0 Å². The van der Waals surface area contributed by atoms with E-state index in [0.29, 0.717) is 19.4 Å². The predicted octanol–water partition coefficient (Wildman–Crippen LogP) is 23.9. The van der Waals surface area contributed by atoms with Crippen LogP contribution in [0.4, 0.5) is 0 Å². The molecule has 2 atom stereocenters. The molecule has 0 saturated heterocycles. The smallest absolute Gasteiger partial charge is 0.305 e. The first kappa shape index (κ1) is 78.6. The molecule has 3 N–H and O–H groups in total.